The van der Waals surface area contributed by atoms with E-state index in [1.165, 1.54) is 11.3 Å². The van der Waals surface area contributed by atoms with E-state index in [1.807, 2.05) is 19.1 Å². The predicted octanol–water partition coefficient (Wildman–Crippen LogP) is 1.77. The van der Waals surface area contributed by atoms with Crippen molar-refractivity contribution in [3.8, 4) is 6.07 Å². The van der Waals surface area contributed by atoms with Gasteiger partial charge in [0.25, 0.3) is 5.56 Å². The first-order valence-electron chi connectivity index (χ1n) is 3.74. The highest BCUT2D eigenvalue weighted by Crippen LogP contribution is 2.21. The minimum absolute atomic E-state index is 0.172. The largest absolute Gasteiger partial charge is 0.312 e. The fourth-order valence-corrected chi connectivity index (χ4v) is 2.10. The maximum absolute atomic E-state index is 11.2. The molecule has 13 heavy (non-hydrogen) atoms. The molecule has 2 heterocycles. The molecule has 2 aromatic heterocycles. The van der Waals surface area contributed by atoms with Crippen LogP contribution < -0.4 is 5.56 Å². The predicted molar refractivity (Wildman–Crippen MR) is 51.9 cm³/mol. The average Bonchev–Trinajstić information content (AvgIpc) is 2.42. The number of fused-ring (bicyclic) bond motifs is 1. The number of rotatable bonds is 0. The fourth-order valence-electron chi connectivity index (χ4n) is 1.21. The average molecular weight is 190 g/mol. The maximum Gasteiger partial charge on any atom is 0.266 e. The van der Waals surface area contributed by atoms with Gasteiger partial charge < -0.3 is 4.98 Å². The van der Waals surface area contributed by atoms with Gasteiger partial charge in [-0.25, -0.2) is 0 Å². The number of pyridine rings is 1. The smallest absolute Gasteiger partial charge is 0.266 e. The molecule has 4 heteroatoms. The first-order valence-corrected chi connectivity index (χ1v) is 4.56. The van der Waals surface area contributed by atoms with E-state index in [4.69, 9.17) is 5.26 Å². The van der Waals surface area contributed by atoms with Crippen LogP contribution in [-0.4, -0.2) is 4.98 Å². The van der Waals surface area contributed by atoms with Gasteiger partial charge in [0, 0.05) is 10.3 Å². The second-order valence-electron chi connectivity index (χ2n) is 2.77. The number of hydrogen-bond donors (Lipinski definition) is 1. The molecule has 0 aromatic carbocycles. The lowest BCUT2D eigenvalue weighted by Gasteiger charge is -1.88. The zero-order valence-electron chi connectivity index (χ0n) is 6.92. The Hall–Kier alpha value is -1.60. The van der Waals surface area contributed by atoms with Gasteiger partial charge in [-0.05, 0) is 19.1 Å². The summed E-state index contributed by atoms with van der Waals surface area (Å²) in [6, 6.07) is 5.44. The van der Waals surface area contributed by atoms with E-state index in [2.05, 4.69) is 4.98 Å². The summed E-state index contributed by atoms with van der Waals surface area (Å²) in [5.74, 6) is 0. The lowest BCUT2D eigenvalue weighted by Crippen LogP contribution is -2.08. The van der Waals surface area contributed by atoms with Crippen LogP contribution in [0.1, 0.15) is 10.4 Å². The van der Waals surface area contributed by atoms with Crippen LogP contribution in [0.5, 0.6) is 0 Å². The second kappa shape index (κ2) is 2.71. The van der Waals surface area contributed by atoms with E-state index >= 15 is 0 Å². The molecule has 64 valence electrons. The number of hydrogen-bond acceptors (Lipinski definition) is 3. The van der Waals surface area contributed by atoms with Gasteiger partial charge in [0.15, 0.2) is 0 Å². The molecule has 0 saturated carbocycles. The Morgan fingerprint density at radius 2 is 2.31 bits per heavy atom. The third-order valence-corrected chi connectivity index (χ3v) is 2.76. The topological polar surface area (TPSA) is 56.6 Å². The van der Waals surface area contributed by atoms with E-state index in [9.17, 15) is 4.79 Å². The quantitative estimate of drug-likeness (QED) is 0.688. The normalized spacial score (nSPS) is 10.2. The van der Waals surface area contributed by atoms with Crippen molar-refractivity contribution in [2.75, 3.05) is 0 Å². The Bertz CT molecular complexity index is 559. The molecular formula is C9H6N2OS. The highest BCUT2D eigenvalue weighted by atomic mass is 32.1. The number of aromatic amines is 1. The molecule has 0 fully saturated rings. The molecule has 0 atom stereocenters. The summed E-state index contributed by atoms with van der Waals surface area (Å²) in [5.41, 5.74) is -0.137. The molecule has 3 nitrogen and oxygen atoms in total. The maximum atomic E-state index is 11.2. The molecule has 0 saturated heterocycles. The van der Waals surface area contributed by atoms with E-state index in [0.29, 0.717) is 0 Å². The lowest BCUT2D eigenvalue weighted by molar-refractivity contribution is 1.29. The standard InChI is InChI=1S/C9H6N2OS/c1-5-2-6-3-7(4-10)8(12)11-9(6)13-5/h2-3H,1H3,(H,11,12). The summed E-state index contributed by atoms with van der Waals surface area (Å²) >= 11 is 1.52. The first kappa shape index (κ1) is 8.02. The molecule has 1 N–H and O–H groups in total. The van der Waals surface area contributed by atoms with Gasteiger partial charge in [-0.2, -0.15) is 5.26 Å². The number of aromatic nitrogens is 1. The van der Waals surface area contributed by atoms with Crippen molar-refractivity contribution < 1.29 is 0 Å². The van der Waals surface area contributed by atoms with Gasteiger partial charge in [-0.1, -0.05) is 0 Å². The SMILES string of the molecule is Cc1cc2cc(C#N)c(=O)[nH]c2s1. The molecular weight excluding hydrogens is 184 g/mol. The number of nitrogens with one attached hydrogen (secondary N) is 1. The van der Waals surface area contributed by atoms with Crippen LogP contribution in [0.4, 0.5) is 0 Å². The minimum Gasteiger partial charge on any atom is -0.312 e. The fraction of sp³-hybridized carbons (Fsp3) is 0.111. The minimum atomic E-state index is -0.308. The Balaban J connectivity index is 2.90. The van der Waals surface area contributed by atoms with Crippen LogP contribution in [0.15, 0.2) is 16.9 Å². The Kier molecular flexibility index (Phi) is 1.67. The van der Waals surface area contributed by atoms with Gasteiger partial charge in [-0.15, -0.1) is 11.3 Å². The number of H-pyrrole nitrogens is 1. The van der Waals surface area contributed by atoms with Gasteiger partial charge in [-0.3, -0.25) is 4.79 Å². The van der Waals surface area contributed by atoms with Crippen molar-refractivity contribution in [2.24, 2.45) is 0 Å². The number of thiophene rings is 1. The van der Waals surface area contributed by atoms with Gasteiger partial charge in [0.1, 0.15) is 16.5 Å². The molecule has 0 unspecified atom stereocenters. The third kappa shape index (κ3) is 1.23. The van der Waals surface area contributed by atoms with E-state index in [0.717, 1.165) is 15.1 Å². The van der Waals surface area contributed by atoms with Crippen LogP contribution in [0.25, 0.3) is 10.2 Å². The second-order valence-corrected chi connectivity index (χ2v) is 4.02. The molecule has 0 aliphatic heterocycles. The highest BCUT2D eigenvalue weighted by molar-refractivity contribution is 7.18. The molecule has 0 bridgehead atoms. The van der Waals surface area contributed by atoms with E-state index < -0.39 is 0 Å². The molecule has 0 spiro atoms. The Morgan fingerprint density at radius 3 is 3.00 bits per heavy atom. The van der Waals surface area contributed by atoms with Crippen molar-refractivity contribution in [2.45, 2.75) is 6.92 Å². The molecule has 2 rings (SSSR count). The Morgan fingerprint density at radius 1 is 1.54 bits per heavy atom. The monoisotopic (exact) mass is 190 g/mol. The number of nitrogens with zero attached hydrogens (tertiary/aromatic N) is 1. The van der Waals surface area contributed by atoms with E-state index in [1.54, 1.807) is 6.07 Å². The van der Waals surface area contributed by atoms with Crippen LogP contribution in [-0.2, 0) is 0 Å². The highest BCUT2D eigenvalue weighted by Gasteiger charge is 2.03. The number of nitriles is 1. The summed E-state index contributed by atoms with van der Waals surface area (Å²) in [4.78, 5) is 15.8. The van der Waals surface area contributed by atoms with Gasteiger partial charge in [0.05, 0.1) is 0 Å². The zero-order chi connectivity index (χ0) is 9.42. The lowest BCUT2D eigenvalue weighted by atomic mass is 10.2. The Labute approximate surface area is 78.3 Å². The van der Waals surface area contributed by atoms with Gasteiger partial charge >= 0.3 is 0 Å². The first-order chi connectivity index (χ1) is 6.20. The van der Waals surface area contributed by atoms with Crippen molar-refractivity contribution >= 4 is 21.6 Å². The summed E-state index contributed by atoms with van der Waals surface area (Å²) in [5, 5.41) is 9.55. The van der Waals surface area contributed by atoms with Crippen LogP contribution in [0.3, 0.4) is 0 Å². The third-order valence-electron chi connectivity index (χ3n) is 1.78. The molecule has 0 aliphatic carbocycles. The van der Waals surface area contributed by atoms with Crippen molar-refractivity contribution in [1.29, 1.82) is 5.26 Å². The molecule has 0 amide bonds. The summed E-state index contributed by atoms with van der Waals surface area (Å²) in [7, 11) is 0. The van der Waals surface area contributed by atoms with Gasteiger partial charge in [0.2, 0.25) is 0 Å². The molecule has 2 aromatic rings. The zero-order valence-corrected chi connectivity index (χ0v) is 7.73. The van der Waals surface area contributed by atoms with Crippen molar-refractivity contribution in [3.05, 3.63) is 32.9 Å². The summed E-state index contributed by atoms with van der Waals surface area (Å²) in [6.45, 7) is 1.97. The van der Waals surface area contributed by atoms with Crippen molar-refractivity contribution in [1.82, 2.24) is 4.98 Å². The van der Waals surface area contributed by atoms with Crippen LogP contribution in [0.2, 0.25) is 0 Å². The van der Waals surface area contributed by atoms with Crippen molar-refractivity contribution in [3.63, 3.8) is 0 Å². The number of aryl methyl sites for hydroxylation is 1. The summed E-state index contributed by atoms with van der Waals surface area (Å²) < 4.78 is 0. The van der Waals surface area contributed by atoms with E-state index in [-0.39, 0.29) is 11.1 Å². The van der Waals surface area contributed by atoms with Crippen LogP contribution >= 0.6 is 11.3 Å². The summed E-state index contributed by atoms with van der Waals surface area (Å²) in [6.07, 6.45) is 0. The molecule has 0 radical (unpaired) electrons. The molecule has 0 aliphatic rings. The van der Waals surface area contributed by atoms with Crippen LogP contribution in [0, 0.1) is 18.3 Å².